The van der Waals surface area contributed by atoms with Gasteiger partial charge in [-0.1, -0.05) is 60.1 Å². The maximum atomic E-state index is 13.4. The number of anilines is 1. The molecule has 2 aromatic heterocycles. The van der Waals surface area contributed by atoms with Crippen LogP contribution in [0.4, 0.5) is 15.4 Å². The lowest BCUT2D eigenvalue weighted by molar-refractivity contribution is 0.0203. The van der Waals surface area contributed by atoms with Crippen LogP contribution in [0.3, 0.4) is 0 Å². The Morgan fingerprint density at radius 3 is 2.09 bits per heavy atom. The van der Waals surface area contributed by atoms with Gasteiger partial charge >= 0.3 is 12.2 Å². The molecule has 0 aliphatic carbocycles. The van der Waals surface area contributed by atoms with E-state index < -0.39 is 29.3 Å². The third-order valence-electron chi connectivity index (χ3n) is 8.46. The van der Waals surface area contributed by atoms with Crippen molar-refractivity contribution >= 4 is 57.2 Å². The van der Waals surface area contributed by atoms with E-state index in [9.17, 15) is 14.4 Å². The number of nitrogens with zero attached hydrogens (tertiary/aromatic N) is 4. The summed E-state index contributed by atoms with van der Waals surface area (Å²) >= 11 is 6.71. The Morgan fingerprint density at radius 1 is 0.778 bits per heavy atom. The zero-order valence-corrected chi connectivity index (χ0v) is 32.6. The van der Waals surface area contributed by atoms with Gasteiger partial charge in [0.1, 0.15) is 17.0 Å². The van der Waals surface area contributed by atoms with Gasteiger partial charge < -0.3 is 30.3 Å². The summed E-state index contributed by atoms with van der Waals surface area (Å²) in [5, 5.41) is 6.55. The SMILES string of the molecule is CC(C)(C)OC(=O)N(CCCCN(Cc1ccc(-c2ccccc2)c(Cl)c1)C(=O)OC(C)(C)C)CCNc1nc2cc(C(N)=O)ccc2c2cnccc12. The molecule has 0 fully saturated rings. The molecule has 3 amide bonds. The quantitative estimate of drug-likeness (QED) is 0.0897. The second-order valence-corrected chi connectivity index (χ2v) is 15.6. The molecule has 5 aromatic rings. The molecule has 0 aliphatic rings. The van der Waals surface area contributed by atoms with Crippen molar-refractivity contribution < 1.29 is 23.9 Å². The maximum Gasteiger partial charge on any atom is 0.410 e. The Balaban J connectivity index is 1.27. The van der Waals surface area contributed by atoms with Gasteiger partial charge in [-0.25, -0.2) is 14.6 Å². The number of carbonyl (C=O) groups excluding carboxylic acids is 3. The number of nitrogens with two attached hydrogens (primary N) is 1. The Morgan fingerprint density at radius 2 is 1.44 bits per heavy atom. The zero-order chi connectivity index (χ0) is 39.0. The molecule has 2 heterocycles. The number of unbranched alkanes of at least 4 members (excludes halogenated alkanes) is 1. The van der Waals surface area contributed by atoms with E-state index in [1.165, 1.54) is 0 Å². The fraction of sp³-hybridized carbons (Fsp3) is 0.357. The topological polar surface area (TPSA) is 140 Å². The lowest BCUT2D eigenvalue weighted by atomic mass is 10.0. The van der Waals surface area contributed by atoms with Gasteiger partial charge in [0.25, 0.3) is 0 Å². The molecule has 0 bridgehead atoms. The molecule has 0 atom stereocenters. The predicted molar refractivity (Wildman–Crippen MR) is 215 cm³/mol. The van der Waals surface area contributed by atoms with Crippen LogP contribution in [0.25, 0.3) is 32.8 Å². The number of rotatable bonds is 13. The van der Waals surface area contributed by atoms with Crippen LogP contribution < -0.4 is 11.1 Å². The zero-order valence-electron chi connectivity index (χ0n) is 31.8. The number of hydrogen-bond acceptors (Lipinski definition) is 8. The normalized spacial score (nSPS) is 11.7. The highest BCUT2D eigenvalue weighted by Crippen LogP contribution is 2.31. The van der Waals surface area contributed by atoms with E-state index in [4.69, 9.17) is 31.8 Å². The summed E-state index contributed by atoms with van der Waals surface area (Å²) in [6.45, 7) is 12.8. The van der Waals surface area contributed by atoms with Crippen LogP contribution in [0.1, 0.15) is 70.3 Å². The van der Waals surface area contributed by atoms with Crippen molar-refractivity contribution in [1.29, 1.82) is 0 Å². The highest BCUT2D eigenvalue weighted by atomic mass is 35.5. The first-order valence-corrected chi connectivity index (χ1v) is 18.5. The number of pyridine rings is 2. The highest BCUT2D eigenvalue weighted by molar-refractivity contribution is 6.33. The largest absolute Gasteiger partial charge is 0.444 e. The van der Waals surface area contributed by atoms with Gasteiger partial charge in [-0.15, -0.1) is 0 Å². The molecular weight excluding hydrogens is 704 g/mol. The summed E-state index contributed by atoms with van der Waals surface area (Å²) in [6, 6.07) is 22.8. The van der Waals surface area contributed by atoms with Gasteiger partial charge in [-0.3, -0.25) is 9.78 Å². The minimum absolute atomic E-state index is 0.312. The number of hydrogen-bond donors (Lipinski definition) is 2. The van der Waals surface area contributed by atoms with E-state index in [1.807, 2.05) is 102 Å². The van der Waals surface area contributed by atoms with Crippen molar-refractivity contribution in [3.8, 4) is 11.1 Å². The third-order valence-corrected chi connectivity index (χ3v) is 8.77. The smallest absolute Gasteiger partial charge is 0.410 e. The first-order chi connectivity index (χ1) is 25.6. The van der Waals surface area contributed by atoms with Crippen LogP contribution in [0, 0.1) is 0 Å². The van der Waals surface area contributed by atoms with Crippen molar-refractivity contribution in [1.82, 2.24) is 19.8 Å². The summed E-state index contributed by atoms with van der Waals surface area (Å²) in [5.41, 5.74) is 7.95. The number of ether oxygens (including phenoxy) is 2. The number of primary amides is 1. The molecule has 0 saturated carbocycles. The Bertz CT molecular complexity index is 2110. The van der Waals surface area contributed by atoms with Crippen LogP contribution in [0.5, 0.6) is 0 Å². The number of carbonyl (C=O) groups is 3. The first kappa shape index (κ1) is 39.8. The summed E-state index contributed by atoms with van der Waals surface area (Å²) in [7, 11) is 0. The molecule has 284 valence electrons. The average Bonchev–Trinajstić information content (AvgIpc) is 3.10. The van der Waals surface area contributed by atoms with Crippen LogP contribution in [0.2, 0.25) is 5.02 Å². The van der Waals surface area contributed by atoms with Crippen LogP contribution >= 0.6 is 11.6 Å². The molecule has 0 saturated heterocycles. The molecule has 3 aromatic carbocycles. The summed E-state index contributed by atoms with van der Waals surface area (Å²) in [5.74, 6) is 0.0548. The third kappa shape index (κ3) is 10.8. The lowest BCUT2D eigenvalue weighted by Crippen LogP contribution is -2.40. The molecule has 11 nitrogen and oxygen atoms in total. The standard InChI is InChI=1S/C42H49ClN6O5/c1-41(2,3)53-39(51)48(23-20-46-38-33-18-19-45-26-34(33)32-17-15-30(37(44)50)25-36(32)47-38)21-10-11-22-49(40(52)54-42(4,5)6)27-28-14-16-31(35(43)24-28)29-12-8-7-9-13-29/h7-9,12-19,24-26H,10-11,20-23,27H2,1-6H3,(H2,44,50)(H,46,47). The van der Waals surface area contributed by atoms with Gasteiger partial charge in [0.05, 0.1) is 5.52 Å². The molecular formula is C42H49ClN6O5. The number of amides is 3. The van der Waals surface area contributed by atoms with Gasteiger partial charge in [0, 0.05) is 77.4 Å². The fourth-order valence-corrected chi connectivity index (χ4v) is 6.27. The van der Waals surface area contributed by atoms with E-state index in [1.54, 1.807) is 34.3 Å². The monoisotopic (exact) mass is 752 g/mol. The number of halogens is 1. The van der Waals surface area contributed by atoms with Gasteiger partial charge in [0.2, 0.25) is 5.91 Å². The van der Waals surface area contributed by atoms with Crippen LogP contribution in [-0.2, 0) is 16.0 Å². The van der Waals surface area contributed by atoms with E-state index >= 15 is 0 Å². The molecule has 0 unspecified atom stereocenters. The van der Waals surface area contributed by atoms with Crippen LogP contribution in [0.15, 0.2) is 85.2 Å². The van der Waals surface area contributed by atoms with Crippen molar-refractivity contribution in [2.24, 2.45) is 5.73 Å². The van der Waals surface area contributed by atoms with Crippen molar-refractivity contribution in [2.45, 2.75) is 72.1 Å². The Kier molecular flexibility index (Phi) is 12.6. The molecule has 0 radical (unpaired) electrons. The highest BCUT2D eigenvalue weighted by Gasteiger charge is 2.25. The van der Waals surface area contributed by atoms with E-state index in [0.29, 0.717) is 67.5 Å². The van der Waals surface area contributed by atoms with Crippen molar-refractivity contribution in [3.05, 3.63) is 101 Å². The molecule has 12 heteroatoms. The second kappa shape index (κ2) is 17.2. The van der Waals surface area contributed by atoms with E-state index in [2.05, 4.69) is 10.3 Å². The maximum absolute atomic E-state index is 13.4. The molecule has 54 heavy (non-hydrogen) atoms. The number of benzene rings is 3. The van der Waals surface area contributed by atoms with Gasteiger partial charge in [0.15, 0.2) is 0 Å². The minimum Gasteiger partial charge on any atom is -0.444 e. The second-order valence-electron chi connectivity index (χ2n) is 15.2. The number of aromatic nitrogens is 2. The van der Waals surface area contributed by atoms with E-state index in [0.717, 1.165) is 32.8 Å². The molecule has 0 aliphatic heterocycles. The Labute approximate surface area is 321 Å². The number of fused-ring (bicyclic) bond motifs is 3. The minimum atomic E-state index is -0.686. The lowest BCUT2D eigenvalue weighted by Gasteiger charge is -2.29. The molecule has 0 spiro atoms. The Hall–Kier alpha value is -5.42. The summed E-state index contributed by atoms with van der Waals surface area (Å²) in [6.07, 6.45) is 3.80. The summed E-state index contributed by atoms with van der Waals surface area (Å²) in [4.78, 5) is 51.1. The summed E-state index contributed by atoms with van der Waals surface area (Å²) < 4.78 is 11.5. The van der Waals surface area contributed by atoms with E-state index in [-0.39, 0.29) is 0 Å². The molecule has 3 N–H and O–H groups in total. The average molecular weight is 753 g/mol. The first-order valence-electron chi connectivity index (χ1n) is 18.1. The predicted octanol–water partition coefficient (Wildman–Crippen LogP) is 9.07. The molecule has 5 rings (SSSR count). The fourth-order valence-electron chi connectivity index (χ4n) is 5.96. The number of nitrogens with one attached hydrogen (secondary N) is 1. The van der Waals surface area contributed by atoms with Gasteiger partial charge in [-0.2, -0.15) is 0 Å². The van der Waals surface area contributed by atoms with Crippen molar-refractivity contribution in [3.63, 3.8) is 0 Å². The van der Waals surface area contributed by atoms with Gasteiger partial charge in [-0.05, 0) is 89.8 Å². The van der Waals surface area contributed by atoms with Crippen molar-refractivity contribution in [2.75, 3.05) is 31.5 Å². The van der Waals surface area contributed by atoms with Crippen LogP contribution in [-0.4, -0.2) is 75.2 Å².